The van der Waals surface area contributed by atoms with Crippen LogP contribution in [-0.2, 0) is 10.1 Å². The van der Waals surface area contributed by atoms with Crippen LogP contribution in [0.3, 0.4) is 0 Å². The zero-order valence-electron chi connectivity index (χ0n) is 18.9. The van der Waals surface area contributed by atoms with Crippen LogP contribution in [0, 0.1) is 0 Å². The van der Waals surface area contributed by atoms with Crippen LogP contribution < -0.4 is 35.3 Å². The number of carbonyl (C=O) groups excluding carboxylic acids is 1. The minimum atomic E-state index is -4.49. The number of hydrogen-bond donors (Lipinski definition) is 2. The summed E-state index contributed by atoms with van der Waals surface area (Å²) < 4.78 is 33.3. The molecular formula is C23H19N4NaO4S. The second-order valence-electron chi connectivity index (χ2n) is 7.07. The van der Waals surface area contributed by atoms with Crippen molar-refractivity contribution in [2.45, 2.75) is 11.8 Å². The van der Waals surface area contributed by atoms with E-state index in [4.69, 9.17) is 5.73 Å². The number of anilines is 1. The van der Waals surface area contributed by atoms with Crippen molar-refractivity contribution in [1.82, 2.24) is 4.98 Å². The van der Waals surface area contributed by atoms with Crippen LogP contribution in [0.2, 0.25) is 0 Å². The van der Waals surface area contributed by atoms with Crippen LogP contribution in [0.5, 0.6) is 0 Å². The van der Waals surface area contributed by atoms with Gasteiger partial charge in [0.15, 0.2) is 5.78 Å². The molecule has 8 nitrogen and oxygen atoms in total. The Kier molecular flexibility index (Phi) is 7.41. The number of fused-ring (bicyclic) bond motifs is 1. The minimum Gasteiger partial charge on any atom is -1.00 e. The van der Waals surface area contributed by atoms with Gasteiger partial charge in [-0.3, -0.25) is 14.3 Å². The molecule has 0 saturated carbocycles. The first-order valence-electron chi connectivity index (χ1n) is 9.52. The molecule has 0 aliphatic heterocycles. The van der Waals surface area contributed by atoms with E-state index >= 15 is 0 Å². The number of pyridine rings is 1. The second-order valence-corrected chi connectivity index (χ2v) is 8.46. The van der Waals surface area contributed by atoms with Gasteiger partial charge in [-0.1, -0.05) is 42.5 Å². The van der Waals surface area contributed by atoms with E-state index in [2.05, 4.69) is 15.2 Å². The third-order valence-electron chi connectivity index (χ3n) is 4.89. The van der Waals surface area contributed by atoms with Crippen molar-refractivity contribution < 1.29 is 48.7 Å². The maximum Gasteiger partial charge on any atom is 1.00 e. The molecule has 0 bridgehead atoms. The average Bonchev–Trinajstić information content (AvgIpc) is 2.78. The maximum absolute atomic E-state index is 11.8. The Balaban J connectivity index is 0.00000204. The third-order valence-corrected chi connectivity index (χ3v) is 5.78. The Morgan fingerprint density at radius 3 is 2.36 bits per heavy atom. The fourth-order valence-corrected chi connectivity index (χ4v) is 3.99. The predicted octanol–water partition coefficient (Wildman–Crippen LogP) is 2.47. The molecule has 3 aromatic carbocycles. The van der Waals surface area contributed by atoms with Crippen LogP contribution in [0.4, 0.5) is 17.1 Å². The van der Waals surface area contributed by atoms with E-state index in [0.29, 0.717) is 27.7 Å². The quantitative estimate of drug-likeness (QED) is 0.151. The van der Waals surface area contributed by atoms with Gasteiger partial charge in [-0.25, -0.2) is 0 Å². The van der Waals surface area contributed by atoms with Gasteiger partial charge in [0.2, 0.25) is 0 Å². The van der Waals surface area contributed by atoms with Crippen molar-refractivity contribution in [3.05, 3.63) is 78.5 Å². The summed E-state index contributed by atoms with van der Waals surface area (Å²) in [7, 11) is -4.49. The third kappa shape index (κ3) is 5.35. The van der Waals surface area contributed by atoms with Crippen molar-refractivity contribution in [2.75, 3.05) is 5.73 Å². The van der Waals surface area contributed by atoms with Crippen molar-refractivity contribution in [2.24, 2.45) is 10.2 Å². The molecule has 0 amide bonds. The molecule has 4 rings (SSSR count). The zero-order chi connectivity index (χ0) is 22.9. The van der Waals surface area contributed by atoms with Gasteiger partial charge >= 0.3 is 29.6 Å². The topological polar surface area (TPSA) is 135 Å². The average molecular weight is 470 g/mol. The van der Waals surface area contributed by atoms with Crippen molar-refractivity contribution in [1.29, 1.82) is 0 Å². The van der Waals surface area contributed by atoms with E-state index in [1.165, 1.54) is 19.2 Å². The van der Waals surface area contributed by atoms with Crippen LogP contribution in [0.25, 0.3) is 22.0 Å². The number of nitrogens with two attached hydrogens (primary N) is 1. The summed E-state index contributed by atoms with van der Waals surface area (Å²) in [5.41, 5.74) is 8.96. The largest absolute Gasteiger partial charge is 1.00 e. The number of benzene rings is 3. The van der Waals surface area contributed by atoms with E-state index < -0.39 is 10.1 Å². The Labute approximate surface area is 214 Å². The summed E-state index contributed by atoms with van der Waals surface area (Å²) in [5, 5.41) is 8.92. The van der Waals surface area contributed by atoms with Gasteiger partial charge in [-0.2, -0.15) is 8.42 Å². The summed E-state index contributed by atoms with van der Waals surface area (Å²) in [6, 6.07) is 18.3. The molecule has 0 fully saturated rings. The molecule has 0 radical (unpaired) electrons. The molecule has 0 unspecified atom stereocenters. The summed E-state index contributed by atoms with van der Waals surface area (Å²) in [5.74, 6) is -0.0329. The van der Waals surface area contributed by atoms with E-state index in [0.717, 1.165) is 5.56 Å². The van der Waals surface area contributed by atoms with E-state index in [1.807, 2.05) is 6.07 Å². The molecule has 1 aromatic heterocycles. The van der Waals surface area contributed by atoms with Crippen LogP contribution in [0.15, 0.2) is 88.1 Å². The number of carbonyl (C=O) groups is 1. The Hall–Kier alpha value is -2.95. The maximum atomic E-state index is 11.8. The summed E-state index contributed by atoms with van der Waals surface area (Å²) in [4.78, 5) is 15.6. The second kappa shape index (κ2) is 9.90. The van der Waals surface area contributed by atoms with Gasteiger partial charge in [-0.05, 0) is 31.2 Å². The Morgan fingerprint density at radius 2 is 1.73 bits per heavy atom. The molecule has 4 aromatic rings. The van der Waals surface area contributed by atoms with Gasteiger partial charge in [0.1, 0.15) is 16.3 Å². The number of nitrogens with zero attached hydrogens (tertiary/aromatic N) is 3. The minimum absolute atomic E-state index is 0. The van der Waals surface area contributed by atoms with Crippen molar-refractivity contribution in [3.63, 3.8) is 0 Å². The molecule has 33 heavy (non-hydrogen) atoms. The van der Waals surface area contributed by atoms with Gasteiger partial charge in [-0.15, -0.1) is 10.2 Å². The van der Waals surface area contributed by atoms with E-state index in [1.54, 1.807) is 54.6 Å². The van der Waals surface area contributed by atoms with Crippen LogP contribution >= 0.6 is 0 Å². The number of ketones is 1. The molecule has 162 valence electrons. The van der Waals surface area contributed by atoms with Gasteiger partial charge in [0.05, 0.1) is 17.6 Å². The summed E-state index contributed by atoms with van der Waals surface area (Å²) in [6.45, 7) is 1.50. The fourth-order valence-electron chi connectivity index (χ4n) is 3.27. The fraction of sp³-hybridized carbons (Fsp3) is 0.0435. The van der Waals surface area contributed by atoms with E-state index in [9.17, 15) is 17.8 Å². The summed E-state index contributed by atoms with van der Waals surface area (Å²) in [6.07, 6.45) is 1.50. The number of nitrogen functional groups attached to an aromatic ring is 1. The van der Waals surface area contributed by atoms with Crippen LogP contribution in [-0.4, -0.2) is 23.7 Å². The molecule has 0 saturated heterocycles. The smallest absolute Gasteiger partial charge is 1.00 e. The first-order chi connectivity index (χ1) is 15.2. The number of Topliss-reactive ketones (excluding diaryl/α,β-unsaturated/α-hetero) is 1. The van der Waals surface area contributed by atoms with Gasteiger partial charge in [0, 0.05) is 21.9 Å². The Bertz CT molecular complexity index is 1490. The first kappa shape index (κ1) is 24.7. The molecule has 10 heteroatoms. The number of aromatic nitrogens is 1. The molecule has 3 N–H and O–H groups in total. The molecule has 0 atom stereocenters. The van der Waals surface area contributed by atoms with Gasteiger partial charge < -0.3 is 7.16 Å². The SMILES string of the molecule is CC(=O)c1cccc(-c2ccc(N=Nc3cc(S(=O)(=O)O)c4ccccc4c3N)cn2)c1.[H-].[Na+]. The molecule has 0 spiro atoms. The summed E-state index contributed by atoms with van der Waals surface area (Å²) >= 11 is 0. The van der Waals surface area contributed by atoms with Crippen LogP contribution in [0.1, 0.15) is 18.7 Å². The normalized spacial score (nSPS) is 11.5. The predicted molar refractivity (Wildman–Crippen MR) is 123 cm³/mol. The molecular weight excluding hydrogens is 451 g/mol. The molecule has 0 aliphatic rings. The van der Waals surface area contributed by atoms with Gasteiger partial charge in [0.25, 0.3) is 10.1 Å². The first-order valence-corrected chi connectivity index (χ1v) is 11.0. The number of azo groups is 1. The van der Waals surface area contributed by atoms with Crippen molar-refractivity contribution in [3.8, 4) is 11.3 Å². The molecule has 0 aliphatic carbocycles. The zero-order valence-corrected chi connectivity index (χ0v) is 20.7. The van der Waals surface area contributed by atoms with E-state index in [-0.39, 0.29) is 53.0 Å². The number of hydrogen-bond acceptors (Lipinski definition) is 7. The monoisotopic (exact) mass is 470 g/mol. The Morgan fingerprint density at radius 1 is 1.00 bits per heavy atom. The molecule has 1 heterocycles. The van der Waals surface area contributed by atoms with Crippen molar-refractivity contribution >= 4 is 43.7 Å². The number of rotatable bonds is 5. The standard InChI is InChI=1S/C23H18N4O4S.Na.H/c1-14(28)15-5-4-6-16(11-15)20-10-9-17(13-25-20)26-27-21-12-22(32(29,30)31)18-7-2-3-8-19(18)23(21)24;;/h2-13H,24H2,1H3,(H,29,30,31);;/q;+1;-1.